The van der Waals surface area contributed by atoms with Gasteiger partial charge in [-0.2, -0.15) is 5.10 Å². The van der Waals surface area contributed by atoms with Crippen LogP contribution in [0.4, 0.5) is 21.8 Å². The van der Waals surface area contributed by atoms with Crippen molar-refractivity contribution >= 4 is 40.1 Å². The molecule has 3 N–H and O–H groups in total. The van der Waals surface area contributed by atoms with E-state index in [1.165, 1.54) is 12.1 Å². The maximum atomic E-state index is 13.4. The Morgan fingerprint density at radius 3 is 2.53 bits per heavy atom. The van der Waals surface area contributed by atoms with Crippen molar-refractivity contribution in [2.45, 2.75) is 25.2 Å². The molecule has 0 radical (unpaired) electrons. The van der Waals surface area contributed by atoms with Gasteiger partial charge in [-0.05, 0) is 80.4 Å². The number of nitrogens with zero attached hydrogens (tertiary/aromatic N) is 5. The maximum absolute atomic E-state index is 13.4. The van der Waals surface area contributed by atoms with Crippen LogP contribution in [0.1, 0.15) is 31.1 Å². The van der Waals surface area contributed by atoms with Gasteiger partial charge in [0.05, 0.1) is 23.7 Å². The third-order valence-corrected chi connectivity index (χ3v) is 8.61. The molecule has 0 spiro atoms. The molecule has 12 heteroatoms. The van der Waals surface area contributed by atoms with Crippen molar-refractivity contribution in [3.8, 4) is 11.3 Å². The average molecular weight is 609 g/mol. The number of likely N-dealkylation sites (tertiary alicyclic amines) is 2. The maximum Gasteiger partial charge on any atom is 0.320 e. The molecule has 2 aromatic heterocycles. The van der Waals surface area contributed by atoms with Crippen LogP contribution >= 0.6 is 0 Å². The van der Waals surface area contributed by atoms with Crippen LogP contribution < -0.4 is 10.6 Å². The number of hydrogen-bond acceptors (Lipinski definition) is 8. The Bertz CT molecular complexity index is 1800. The number of aromatic amines is 1. The molecule has 7 rings (SSSR count). The number of fused-ring (bicyclic) bond motifs is 1. The number of para-hydroxylation sites is 1. The predicted molar refractivity (Wildman–Crippen MR) is 167 cm³/mol. The number of nitrogens with one attached hydrogen (secondary N) is 3. The molecule has 11 nitrogen and oxygen atoms in total. The molecule has 2 aliphatic rings. The van der Waals surface area contributed by atoms with Crippen LogP contribution in [0.25, 0.3) is 22.2 Å². The van der Waals surface area contributed by atoms with Gasteiger partial charge in [0, 0.05) is 47.9 Å². The zero-order chi connectivity index (χ0) is 30.8. The number of H-pyrrole nitrogens is 1. The van der Waals surface area contributed by atoms with Crippen LogP contribution in [0.15, 0.2) is 77.2 Å². The number of anilines is 3. The van der Waals surface area contributed by atoms with Crippen LogP contribution in [0.3, 0.4) is 0 Å². The highest BCUT2D eigenvalue weighted by Gasteiger charge is 2.32. The topological polar surface area (TPSA) is 132 Å². The number of amides is 2. The Balaban J connectivity index is 0.891. The van der Waals surface area contributed by atoms with Crippen LogP contribution in [-0.4, -0.2) is 74.7 Å². The predicted octanol–water partition coefficient (Wildman–Crippen LogP) is 5.16. The van der Waals surface area contributed by atoms with E-state index in [-0.39, 0.29) is 29.5 Å². The molecule has 0 saturated carbocycles. The van der Waals surface area contributed by atoms with Crippen molar-refractivity contribution < 1.29 is 18.4 Å². The lowest BCUT2D eigenvalue weighted by atomic mass is 9.97. The van der Waals surface area contributed by atoms with E-state index < -0.39 is 0 Å². The minimum Gasteiger partial charge on any atom is -0.408 e. The van der Waals surface area contributed by atoms with Gasteiger partial charge in [-0.1, -0.05) is 23.3 Å². The van der Waals surface area contributed by atoms with Gasteiger partial charge < -0.3 is 20.0 Å². The van der Waals surface area contributed by atoms with E-state index in [1.54, 1.807) is 12.1 Å². The van der Waals surface area contributed by atoms with Gasteiger partial charge in [0.1, 0.15) is 5.82 Å². The molecule has 2 aliphatic heterocycles. The van der Waals surface area contributed by atoms with Crippen LogP contribution in [0.5, 0.6) is 0 Å². The van der Waals surface area contributed by atoms with Crippen molar-refractivity contribution in [2.75, 3.05) is 43.4 Å². The summed E-state index contributed by atoms with van der Waals surface area (Å²) in [5.41, 5.74) is 3.84. The van der Waals surface area contributed by atoms with Crippen molar-refractivity contribution in [1.29, 1.82) is 0 Å². The quantitative estimate of drug-likeness (QED) is 0.220. The van der Waals surface area contributed by atoms with Crippen LogP contribution in [0, 0.1) is 11.7 Å². The molecular weight excluding hydrogens is 575 g/mol. The summed E-state index contributed by atoms with van der Waals surface area (Å²) in [5, 5.41) is 22.7. The minimum absolute atomic E-state index is 0.0716. The Morgan fingerprint density at radius 1 is 0.933 bits per heavy atom. The molecule has 1 atom stereocenters. The number of rotatable bonds is 8. The van der Waals surface area contributed by atoms with E-state index in [0.29, 0.717) is 62.4 Å². The third-order valence-electron chi connectivity index (χ3n) is 8.61. The molecule has 230 valence electrons. The zero-order valence-corrected chi connectivity index (χ0v) is 24.6. The molecular formula is C33H33FN8O3. The van der Waals surface area contributed by atoms with Crippen molar-refractivity contribution in [2.24, 2.45) is 5.92 Å². The summed E-state index contributed by atoms with van der Waals surface area (Å²) in [5.74, 6) is 0.183. The number of benzene rings is 3. The largest absolute Gasteiger partial charge is 0.408 e. The monoisotopic (exact) mass is 608 g/mol. The molecule has 5 aromatic rings. The van der Waals surface area contributed by atoms with Gasteiger partial charge in [0.2, 0.25) is 17.7 Å². The van der Waals surface area contributed by atoms with E-state index in [4.69, 9.17) is 4.42 Å². The van der Waals surface area contributed by atoms with Crippen molar-refractivity contribution in [1.82, 2.24) is 30.2 Å². The van der Waals surface area contributed by atoms with Gasteiger partial charge in [0.25, 0.3) is 0 Å². The highest BCUT2D eigenvalue weighted by molar-refractivity contribution is 5.99. The first-order valence-corrected chi connectivity index (χ1v) is 15.2. The number of aromatic nitrogens is 4. The summed E-state index contributed by atoms with van der Waals surface area (Å²) in [6, 6.07) is 21.8. The highest BCUT2D eigenvalue weighted by Crippen LogP contribution is 2.31. The summed E-state index contributed by atoms with van der Waals surface area (Å²) in [4.78, 5) is 30.2. The van der Waals surface area contributed by atoms with Gasteiger partial charge in [-0.3, -0.25) is 19.6 Å². The summed E-state index contributed by atoms with van der Waals surface area (Å²) >= 11 is 0. The van der Waals surface area contributed by atoms with Crippen LogP contribution in [-0.2, 0) is 9.59 Å². The molecule has 4 heterocycles. The second-order valence-electron chi connectivity index (χ2n) is 11.6. The van der Waals surface area contributed by atoms with E-state index in [2.05, 4.69) is 35.9 Å². The standard InChI is InChI=1S/C33H33FN8O3/c34-24-8-6-21(7-9-24)30-27-18-26(10-11-28(27)37-38-30)35-31(44)23-12-15-41(19-23)20-29(43)42-16-13-22(14-17-42)32-39-40-33(45-32)36-25-4-2-1-3-5-25/h1-11,18,22-23H,12-17,19-20H2,(H,35,44)(H,36,40)(H,37,38)/t23-/m1/s1. The first-order chi connectivity index (χ1) is 22.0. The normalized spacial score (nSPS) is 17.5. The number of piperidine rings is 1. The van der Waals surface area contributed by atoms with Gasteiger partial charge in [-0.15, -0.1) is 5.10 Å². The van der Waals surface area contributed by atoms with Crippen LogP contribution in [0.2, 0.25) is 0 Å². The first-order valence-electron chi connectivity index (χ1n) is 15.2. The Labute approximate surface area is 258 Å². The summed E-state index contributed by atoms with van der Waals surface area (Å²) < 4.78 is 19.3. The molecule has 0 bridgehead atoms. The highest BCUT2D eigenvalue weighted by atomic mass is 19.1. The van der Waals surface area contributed by atoms with E-state index >= 15 is 0 Å². The number of carbonyl (C=O) groups excluding carboxylic acids is 2. The lowest BCUT2D eigenvalue weighted by Gasteiger charge is -2.31. The second kappa shape index (κ2) is 12.5. The molecule has 2 amide bonds. The Hall–Kier alpha value is -5.10. The molecule has 2 saturated heterocycles. The number of hydrogen-bond donors (Lipinski definition) is 3. The molecule has 45 heavy (non-hydrogen) atoms. The van der Waals surface area contributed by atoms with Gasteiger partial charge >= 0.3 is 6.01 Å². The summed E-state index contributed by atoms with van der Waals surface area (Å²) in [6.45, 7) is 2.77. The van der Waals surface area contributed by atoms with Gasteiger partial charge in [0.15, 0.2) is 0 Å². The number of halogens is 1. The summed E-state index contributed by atoms with van der Waals surface area (Å²) in [6.07, 6.45) is 2.20. The molecule has 0 unspecified atom stereocenters. The van der Waals surface area contributed by atoms with Gasteiger partial charge in [-0.25, -0.2) is 4.39 Å². The van der Waals surface area contributed by atoms with E-state index in [0.717, 1.165) is 35.0 Å². The molecule has 2 fully saturated rings. The minimum atomic E-state index is -0.310. The lowest BCUT2D eigenvalue weighted by Crippen LogP contribution is -2.43. The first kappa shape index (κ1) is 28.7. The smallest absolute Gasteiger partial charge is 0.320 e. The molecule has 0 aliphatic carbocycles. The van der Waals surface area contributed by atoms with E-state index in [1.807, 2.05) is 53.4 Å². The second-order valence-corrected chi connectivity index (χ2v) is 11.6. The third kappa shape index (κ3) is 6.41. The summed E-state index contributed by atoms with van der Waals surface area (Å²) in [7, 11) is 0. The van der Waals surface area contributed by atoms with E-state index in [9.17, 15) is 14.0 Å². The fraction of sp³-hybridized carbons (Fsp3) is 0.303. The Morgan fingerprint density at radius 2 is 1.73 bits per heavy atom. The van der Waals surface area contributed by atoms with Crippen molar-refractivity contribution in [3.63, 3.8) is 0 Å². The zero-order valence-electron chi connectivity index (χ0n) is 24.6. The lowest BCUT2D eigenvalue weighted by molar-refractivity contribution is -0.133. The molecule has 3 aromatic carbocycles. The van der Waals surface area contributed by atoms with Crippen molar-refractivity contribution in [3.05, 3.63) is 84.5 Å². The average Bonchev–Trinajstić information content (AvgIpc) is 3.83. The SMILES string of the molecule is O=C(Nc1ccc2[nH]nc(-c3ccc(F)cc3)c2c1)[C@@H]1CCN(CC(=O)N2CCC(c3nnc(Nc4ccccc4)o3)CC2)C1. The Kier molecular flexibility index (Phi) is 7.95. The fourth-order valence-electron chi connectivity index (χ4n) is 6.12. The fourth-order valence-corrected chi connectivity index (χ4v) is 6.12. The number of carbonyl (C=O) groups is 2.